The third kappa shape index (κ3) is 6.28. The zero-order valence-electron chi connectivity index (χ0n) is 18.7. The number of benzene rings is 1. The molecule has 0 aromatic heterocycles. The van der Waals surface area contributed by atoms with Crippen molar-refractivity contribution >= 4 is 21.8 Å². The molecule has 2 N–H and O–H groups in total. The predicted molar refractivity (Wildman–Crippen MR) is 120 cm³/mol. The molecule has 1 unspecified atom stereocenters. The van der Waals surface area contributed by atoms with Gasteiger partial charge in [-0.1, -0.05) is 32.1 Å². The lowest BCUT2D eigenvalue weighted by Crippen LogP contribution is -2.47. The highest BCUT2D eigenvalue weighted by molar-refractivity contribution is 7.89. The minimum atomic E-state index is -3.77. The topological polar surface area (TPSA) is 95.6 Å². The number of hydrogen-bond acceptors (Lipinski definition) is 4. The molecule has 32 heavy (non-hydrogen) atoms. The van der Waals surface area contributed by atoms with Gasteiger partial charge in [0, 0.05) is 25.2 Å². The number of carbonyl (C=O) groups excluding carboxylic acids is 2. The standard InChI is InChI=1S/C23H34FN3O4S/c1-17-16-20(11-12-21(17)24)32(30,31)27-15-7-6-10-19(27)13-14-25-22(28)23(29)26-18-8-4-2-3-5-9-18/h11-12,16,18-19H,2-10,13-15H2,1H3,(H,25,28)(H,26,29). The molecule has 2 aliphatic rings. The summed E-state index contributed by atoms with van der Waals surface area (Å²) in [6.07, 6.45) is 9.01. The van der Waals surface area contributed by atoms with E-state index in [9.17, 15) is 22.4 Å². The Morgan fingerprint density at radius 1 is 1.03 bits per heavy atom. The Bertz CT molecular complexity index is 914. The lowest BCUT2D eigenvalue weighted by molar-refractivity contribution is -0.139. The summed E-state index contributed by atoms with van der Waals surface area (Å²) in [7, 11) is -3.77. The SMILES string of the molecule is Cc1cc(S(=O)(=O)N2CCCCC2CCNC(=O)C(=O)NC2CCCCCC2)ccc1F. The fraction of sp³-hybridized carbons (Fsp3) is 0.652. The molecule has 2 fully saturated rings. The smallest absolute Gasteiger partial charge is 0.309 e. The van der Waals surface area contributed by atoms with Gasteiger partial charge in [0.1, 0.15) is 5.82 Å². The molecule has 3 rings (SSSR count). The number of aryl methyl sites for hydroxylation is 1. The highest BCUT2D eigenvalue weighted by Gasteiger charge is 2.33. The van der Waals surface area contributed by atoms with Crippen molar-refractivity contribution in [3.8, 4) is 0 Å². The van der Waals surface area contributed by atoms with Gasteiger partial charge in [0.2, 0.25) is 10.0 Å². The summed E-state index contributed by atoms with van der Waals surface area (Å²) in [4.78, 5) is 24.5. The molecule has 1 saturated heterocycles. The van der Waals surface area contributed by atoms with E-state index in [0.29, 0.717) is 19.4 Å². The van der Waals surface area contributed by atoms with Crippen LogP contribution in [0.4, 0.5) is 4.39 Å². The maximum atomic E-state index is 13.6. The number of piperidine rings is 1. The maximum Gasteiger partial charge on any atom is 0.309 e. The molecule has 1 saturated carbocycles. The number of amides is 2. The van der Waals surface area contributed by atoms with Crippen molar-refractivity contribution in [3.63, 3.8) is 0 Å². The second-order valence-corrected chi connectivity index (χ2v) is 10.8. The Morgan fingerprint density at radius 2 is 1.72 bits per heavy atom. The summed E-state index contributed by atoms with van der Waals surface area (Å²) >= 11 is 0. The molecule has 1 aliphatic carbocycles. The summed E-state index contributed by atoms with van der Waals surface area (Å²) in [5, 5.41) is 5.46. The summed E-state index contributed by atoms with van der Waals surface area (Å²) in [5.74, 6) is -1.73. The van der Waals surface area contributed by atoms with Gasteiger partial charge in [-0.3, -0.25) is 9.59 Å². The van der Waals surface area contributed by atoms with Crippen molar-refractivity contribution < 1.29 is 22.4 Å². The molecule has 0 bridgehead atoms. The largest absolute Gasteiger partial charge is 0.348 e. The molecule has 1 heterocycles. The lowest BCUT2D eigenvalue weighted by atomic mass is 10.0. The van der Waals surface area contributed by atoms with Gasteiger partial charge in [-0.2, -0.15) is 4.31 Å². The zero-order chi connectivity index (χ0) is 23.1. The molecule has 1 atom stereocenters. The number of rotatable bonds is 6. The number of hydrogen-bond donors (Lipinski definition) is 2. The van der Waals surface area contributed by atoms with Gasteiger partial charge >= 0.3 is 11.8 Å². The first-order valence-corrected chi connectivity index (χ1v) is 13.1. The van der Waals surface area contributed by atoms with Gasteiger partial charge in [-0.15, -0.1) is 0 Å². The van der Waals surface area contributed by atoms with Gasteiger partial charge in [0.25, 0.3) is 0 Å². The average molecular weight is 468 g/mol. The van der Waals surface area contributed by atoms with Crippen LogP contribution in [0.15, 0.2) is 23.1 Å². The van der Waals surface area contributed by atoms with Gasteiger partial charge in [0.15, 0.2) is 0 Å². The molecule has 9 heteroatoms. The highest BCUT2D eigenvalue weighted by Crippen LogP contribution is 2.27. The summed E-state index contributed by atoms with van der Waals surface area (Å²) in [6, 6.07) is 3.60. The van der Waals surface area contributed by atoms with E-state index in [-0.39, 0.29) is 29.1 Å². The minimum absolute atomic E-state index is 0.0499. The van der Waals surface area contributed by atoms with Crippen molar-refractivity contribution in [2.24, 2.45) is 0 Å². The Kier molecular flexibility index (Phi) is 8.64. The van der Waals surface area contributed by atoms with Gasteiger partial charge < -0.3 is 10.6 Å². The van der Waals surface area contributed by atoms with E-state index in [0.717, 1.165) is 51.4 Å². The number of nitrogens with zero attached hydrogens (tertiary/aromatic N) is 1. The zero-order valence-corrected chi connectivity index (χ0v) is 19.6. The van der Waals surface area contributed by atoms with E-state index < -0.39 is 27.7 Å². The van der Waals surface area contributed by atoms with E-state index in [1.807, 2.05) is 0 Å². The van der Waals surface area contributed by atoms with Gasteiger partial charge in [-0.25, -0.2) is 12.8 Å². The predicted octanol–water partition coefficient (Wildman–Crippen LogP) is 3.02. The molecule has 178 valence electrons. The Hall–Kier alpha value is -2.00. The number of nitrogens with one attached hydrogen (secondary N) is 2. The molecule has 0 radical (unpaired) electrons. The molecular formula is C23H34FN3O4S. The molecule has 2 amide bonds. The van der Waals surface area contributed by atoms with Crippen molar-refractivity contribution in [1.82, 2.24) is 14.9 Å². The van der Waals surface area contributed by atoms with Crippen LogP contribution in [0.2, 0.25) is 0 Å². The Labute approximate surface area is 190 Å². The normalized spacial score (nSPS) is 21.0. The first kappa shape index (κ1) is 24.6. The maximum absolute atomic E-state index is 13.6. The van der Waals surface area contributed by atoms with Crippen LogP contribution in [-0.4, -0.2) is 49.7 Å². The first-order chi connectivity index (χ1) is 15.3. The van der Waals surface area contributed by atoms with Crippen LogP contribution in [0.25, 0.3) is 0 Å². The van der Waals surface area contributed by atoms with Crippen LogP contribution >= 0.6 is 0 Å². The van der Waals surface area contributed by atoms with E-state index in [4.69, 9.17) is 0 Å². The van der Waals surface area contributed by atoms with E-state index in [2.05, 4.69) is 10.6 Å². The summed E-state index contributed by atoms with van der Waals surface area (Å²) in [5.41, 5.74) is 0.284. The van der Waals surface area contributed by atoms with Crippen LogP contribution in [0.3, 0.4) is 0 Å². The van der Waals surface area contributed by atoms with Crippen molar-refractivity contribution in [2.75, 3.05) is 13.1 Å². The minimum Gasteiger partial charge on any atom is -0.348 e. The van der Waals surface area contributed by atoms with Gasteiger partial charge in [-0.05, 0) is 62.8 Å². The molecule has 1 aliphatic heterocycles. The quantitative estimate of drug-likeness (QED) is 0.497. The Balaban J connectivity index is 1.55. The van der Waals surface area contributed by atoms with E-state index in [1.54, 1.807) is 0 Å². The molecule has 1 aromatic carbocycles. The lowest BCUT2D eigenvalue weighted by Gasteiger charge is -2.34. The van der Waals surface area contributed by atoms with Gasteiger partial charge in [0.05, 0.1) is 4.90 Å². The van der Waals surface area contributed by atoms with E-state index in [1.165, 1.54) is 29.4 Å². The third-order valence-electron chi connectivity index (χ3n) is 6.47. The van der Waals surface area contributed by atoms with Crippen molar-refractivity contribution in [1.29, 1.82) is 0 Å². The number of halogens is 1. The number of sulfonamides is 1. The average Bonchev–Trinajstić information content (AvgIpc) is 3.04. The van der Waals surface area contributed by atoms with Crippen LogP contribution in [-0.2, 0) is 19.6 Å². The first-order valence-electron chi connectivity index (χ1n) is 11.7. The second-order valence-electron chi connectivity index (χ2n) is 8.88. The molecule has 1 aromatic rings. The van der Waals surface area contributed by atoms with Crippen LogP contribution in [0.5, 0.6) is 0 Å². The van der Waals surface area contributed by atoms with E-state index >= 15 is 0 Å². The molecule has 0 spiro atoms. The summed E-state index contributed by atoms with van der Waals surface area (Å²) in [6.45, 7) is 2.15. The highest BCUT2D eigenvalue weighted by atomic mass is 32.2. The number of carbonyl (C=O) groups is 2. The molecule has 7 nitrogen and oxygen atoms in total. The van der Waals surface area contributed by atoms with Crippen LogP contribution in [0.1, 0.15) is 69.8 Å². The molecular weight excluding hydrogens is 433 g/mol. The Morgan fingerprint density at radius 3 is 2.41 bits per heavy atom. The fourth-order valence-electron chi connectivity index (χ4n) is 4.60. The second kappa shape index (κ2) is 11.2. The van der Waals surface area contributed by atoms with Crippen molar-refractivity contribution in [3.05, 3.63) is 29.6 Å². The monoisotopic (exact) mass is 467 g/mol. The third-order valence-corrected chi connectivity index (χ3v) is 8.42. The summed E-state index contributed by atoms with van der Waals surface area (Å²) < 4.78 is 41.4. The van der Waals surface area contributed by atoms with Crippen LogP contribution < -0.4 is 10.6 Å². The van der Waals surface area contributed by atoms with Crippen molar-refractivity contribution in [2.45, 2.75) is 88.1 Å². The van der Waals surface area contributed by atoms with Crippen LogP contribution in [0, 0.1) is 12.7 Å². The fourth-order valence-corrected chi connectivity index (χ4v) is 6.41.